The summed E-state index contributed by atoms with van der Waals surface area (Å²) in [5.74, 6) is 1.58. The van der Waals surface area contributed by atoms with Gasteiger partial charge in [-0.05, 0) is 36.6 Å². The van der Waals surface area contributed by atoms with Gasteiger partial charge in [-0.15, -0.1) is 0 Å². The van der Waals surface area contributed by atoms with Crippen LogP contribution in [-0.2, 0) is 4.79 Å². The van der Waals surface area contributed by atoms with Gasteiger partial charge in [-0.25, -0.2) is 0 Å². The van der Waals surface area contributed by atoms with Crippen molar-refractivity contribution in [3.05, 3.63) is 29.8 Å². The zero-order chi connectivity index (χ0) is 15.8. The summed E-state index contributed by atoms with van der Waals surface area (Å²) in [7, 11) is 0. The van der Waals surface area contributed by atoms with Crippen molar-refractivity contribution in [2.75, 3.05) is 19.9 Å². The number of hydrogen-bond donors (Lipinski definition) is 0. The molecule has 0 radical (unpaired) electrons. The number of ether oxygens (including phenoxy) is 2. The molecule has 0 aromatic heterocycles. The Balaban J connectivity index is 1.98. The first-order chi connectivity index (χ1) is 10.7. The van der Waals surface area contributed by atoms with E-state index in [-0.39, 0.29) is 12.7 Å². The molecule has 1 heterocycles. The van der Waals surface area contributed by atoms with E-state index in [1.165, 1.54) is 0 Å². The molecule has 120 valence electrons. The maximum absolute atomic E-state index is 12.3. The molecule has 0 saturated heterocycles. The molecule has 1 aromatic rings. The van der Waals surface area contributed by atoms with Gasteiger partial charge in [-0.3, -0.25) is 4.79 Å². The van der Waals surface area contributed by atoms with Crippen LogP contribution in [-0.4, -0.2) is 30.7 Å². The zero-order valence-electron chi connectivity index (χ0n) is 13.5. The molecule has 4 nitrogen and oxygen atoms in total. The van der Waals surface area contributed by atoms with E-state index < -0.39 is 0 Å². The molecular formula is C18H25NO3. The molecule has 0 unspecified atom stereocenters. The van der Waals surface area contributed by atoms with Gasteiger partial charge in [-0.2, -0.15) is 0 Å². The van der Waals surface area contributed by atoms with Gasteiger partial charge in [0.15, 0.2) is 11.5 Å². The molecule has 0 bridgehead atoms. The fourth-order valence-corrected chi connectivity index (χ4v) is 2.32. The van der Waals surface area contributed by atoms with Gasteiger partial charge in [0.05, 0.1) is 0 Å². The quantitative estimate of drug-likeness (QED) is 0.685. The van der Waals surface area contributed by atoms with Crippen LogP contribution in [0.1, 0.15) is 45.1 Å². The Kier molecular flexibility index (Phi) is 6.31. The first-order valence-corrected chi connectivity index (χ1v) is 8.11. The number of carbonyl (C=O) groups is 1. The Morgan fingerprint density at radius 2 is 1.82 bits per heavy atom. The topological polar surface area (TPSA) is 38.8 Å². The average Bonchev–Trinajstić information content (AvgIpc) is 3.00. The fourth-order valence-electron chi connectivity index (χ4n) is 2.32. The normalized spacial score (nSPS) is 12.8. The zero-order valence-corrected chi connectivity index (χ0v) is 13.5. The molecule has 22 heavy (non-hydrogen) atoms. The molecule has 1 aromatic carbocycles. The lowest BCUT2D eigenvalue weighted by atomic mass is 10.2. The van der Waals surface area contributed by atoms with Crippen molar-refractivity contribution in [1.82, 2.24) is 4.90 Å². The van der Waals surface area contributed by atoms with E-state index in [1.807, 2.05) is 29.2 Å². The summed E-state index contributed by atoms with van der Waals surface area (Å²) >= 11 is 0. The van der Waals surface area contributed by atoms with E-state index in [4.69, 9.17) is 9.47 Å². The van der Waals surface area contributed by atoms with Crippen LogP contribution in [0.15, 0.2) is 24.3 Å². The van der Waals surface area contributed by atoms with E-state index in [9.17, 15) is 4.79 Å². The van der Waals surface area contributed by atoms with Crippen LogP contribution in [0.5, 0.6) is 11.5 Å². The maximum atomic E-state index is 12.3. The van der Waals surface area contributed by atoms with E-state index in [0.717, 1.165) is 55.8 Å². The molecule has 1 aliphatic heterocycles. The third kappa shape index (κ3) is 4.52. The van der Waals surface area contributed by atoms with Crippen LogP contribution in [0, 0.1) is 0 Å². The summed E-state index contributed by atoms with van der Waals surface area (Å²) in [5.41, 5.74) is 0.948. The molecule has 1 amide bonds. The number of rotatable bonds is 8. The van der Waals surface area contributed by atoms with Crippen molar-refractivity contribution >= 4 is 12.0 Å². The number of nitrogens with zero attached hydrogens (tertiary/aromatic N) is 1. The maximum Gasteiger partial charge on any atom is 0.246 e. The van der Waals surface area contributed by atoms with E-state index in [2.05, 4.69) is 13.8 Å². The number of amides is 1. The molecule has 0 atom stereocenters. The number of fused-ring (bicyclic) bond motifs is 1. The largest absolute Gasteiger partial charge is 0.454 e. The Morgan fingerprint density at radius 3 is 2.50 bits per heavy atom. The van der Waals surface area contributed by atoms with E-state index in [0.29, 0.717) is 0 Å². The van der Waals surface area contributed by atoms with Crippen molar-refractivity contribution in [2.24, 2.45) is 0 Å². The molecule has 0 aliphatic carbocycles. The van der Waals surface area contributed by atoms with Crippen molar-refractivity contribution in [3.63, 3.8) is 0 Å². The van der Waals surface area contributed by atoms with E-state index >= 15 is 0 Å². The van der Waals surface area contributed by atoms with Gasteiger partial charge in [0.25, 0.3) is 0 Å². The minimum absolute atomic E-state index is 0.0829. The molecule has 0 saturated carbocycles. The highest BCUT2D eigenvalue weighted by molar-refractivity contribution is 5.91. The minimum Gasteiger partial charge on any atom is -0.454 e. The molecule has 1 aliphatic rings. The van der Waals surface area contributed by atoms with Gasteiger partial charge in [0.2, 0.25) is 12.7 Å². The third-order valence-electron chi connectivity index (χ3n) is 3.69. The van der Waals surface area contributed by atoms with Gasteiger partial charge in [-0.1, -0.05) is 32.8 Å². The molecular weight excluding hydrogens is 278 g/mol. The van der Waals surface area contributed by atoms with Crippen LogP contribution in [0.3, 0.4) is 0 Å². The van der Waals surface area contributed by atoms with E-state index in [1.54, 1.807) is 6.08 Å². The third-order valence-corrected chi connectivity index (χ3v) is 3.69. The molecule has 0 spiro atoms. The van der Waals surface area contributed by atoms with Gasteiger partial charge in [0.1, 0.15) is 0 Å². The average molecular weight is 303 g/mol. The lowest BCUT2D eigenvalue weighted by Crippen LogP contribution is -2.31. The Labute approximate surface area is 132 Å². The summed E-state index contributed by atoms with van der Waals surface area (Å²) < 4.78 is 10.6. The predicted octanol–water partition coefficient (Wildman–Crippen LogP) is 3.86. The second-order valence-corrected chi connectivity index (χ2v) is 5.48. The summed E-state index contributed by atoms with van der Waals surface area (Å²) in [6, 6.07) is 5.70. The number of benzene rings is 1. The molecule has 0 N–H and O–H groups in total. The minimum atomic E-state index is 0.0829. The van der Waals surface area contributed by atoms with Crippen LogP contribution < -0.4 is 9.47 Å². The van der Waals surface area contributed by atoms with Crippen molar-refractivity contribution in [3.8, 4) is 11.5 Å². The Morgan fingerprint density at radius 1 is 1.14 bits per heavy atom. The second kappa shape index (κ2) is 8.47. The summed E-state index contributed by atoms with van der Waals surface area (Å²) in [4.78, 5) is 14.3. The van der Waals surface area contributed by atoms with Crippen molar-refractivity contribution in [2.45, 2.75) is 39.5 Å². The number of carbonyl (C=O) groups excluding carboxylic acids is 1. The second-order valence-electron chi connectivity index (χ2n) is 5.48. The number of hydrogen-bond acceptors (Lipinski definition) is 3. The van der Waals surface area contributed by atoms with Crippen LogP contribution in [0.25, 0.3) is 6.08 Å². The predicted molar refractivity (Wildman–Crippen MR) is 88.0 cm³/mol. The van der Waals surface area contributed by atoms with Gasteiger partial charge in [0, 0.05) is 19.2 Å². The highest BCUT2D eigenvalue weighted by Crippen LogP contribution is 2.32. The van der Waals surface area contributed by atoms with Crippen LogP contribution in [0.2, 0.25) is 0 Å². The highest BCUT2D eigenvalue weighted by Gasteiger charge is 2.13. The van der Waals surface area contributed by atoms with Crippen molar-refractivity contribution in [1.29, 1.82) is 0 Å². The lowest BCUT2D eigenvalue weighted by Gasteiger charge is -2.20. The monoisotopic (exact) mass is 303 g/mol. The fraction of sp³-hybridized carbons (Fsp3) is 0.500. The Bertz CT molecular complexity index is 517. The Hall–Kier alpha value is -1.97. The van der Waals surface area contributed by atoms with Crippen LogP contribution in [0.4, 0.5) is 0 Å². The number of unbranched alkanes of at least 4 members (excludes halogenated alkanes) is 2. The smallest absolute Gasteiger partial charge is 0.246 e. The summed E-state index contributed by atoms with van der Waals surface area (Å²) in [6.07, 6.45) is 7.79. The summed E-state index contributed by atoms with van der Waals surface area (Å²) in [6.45, 7) is 6.22. The van der Waals surface area contributed by atoms with Gasteiger partial charge < -0.3 is 14.4 Å². The van der Waals surface area contributed by atoms with Gasteiger partial charge >= 0.3 is 0 Å². The first-order valence-electron chi connectivity index (χ1n) is 8.11. The first kappa shape index (κ1) is 16.4. The molecule has 2 rings (SSSR count). The summed E-state index contributed by atoms with van der Waals surface area (Å²) in [5, 5.41) is 0. The lowest BCUT2D eigenvalue weighted by molar-refractivity contribution is -0.126. The molecule has 0 fully saturated rings. The van der Waals surface area contributed by atoms with Crippen molar-refractivity contribution < 1.29 is 14.3 Å². The van der Waals surface area contributed by atoms with Crippen LogP contribution >= 0.6 is 0 Å². The SMILES string of the molecule is CCCCN(CCCC)C(=O)C=Cc1ccc2c(c1)OCO2. The highest BCUT2D eigenvalue weighted by atomic mass is 16.7. The standard InChI is InChI=1S/C18H25NO3/c1-3-5-11-19(12-6-4-2)18(20)10-8-15-7-9-16-17(13-15)22-14-21-16/h7-10,13H,3-6,11-12,14H2,1-2H3. The molecule has 4 heteroatoms.